The van der Waals surface area contributed by atoms with E-state index in [-0.39, 0.29) is 0 Å². The predicted octanol–water partition coefficient (Wildman–Crippen LogP) is 12.6. The van der Waals surface area contributed by atoms with E-state index in [1.54, 1.807) is 0 Å². The van der Waals surface area contributed by atoms with Crippen molar-refractivity contribution < 1.29 is 0 Å². The van der Waals surface area contributed by atoms with E-state index in [2.05, 4.69) is 207 Å². The van der Waals surface area contributed by atoms with Crippen molar-refractivity contribution in [3.05, 3.63) is 158 Å². The van der Waals surface area contributed by atoms with Gasteiger partial charge >= 0.3 is 0 Å². The number of anilines is 6. The SMILES string of the molecule is C[Si](C)(C)c1cc2c(N(c3ccccc3)c3ccccc3)ccc3c([Si](C)(C)C)cc4c(N(c5ccccc5)c5ccccc5)ccc1c4c23. The van der Waals surface area contributed by atoms with E-state index in [1.807, 2.05) is 0 Å². The van der Waals surface area contributed by atoms with Crippen molar-refractivity contribution in [1.82, 2.24) is 0 Å². The molecule has 0 spiro atoms. The summed E-state index contributed by atoms with van der Waals surface area (Å²) in [5.74, 6) is 0. The Morgan fingerprint density at radius 2 is 0.600 bits per heavy atom. The molecule has 246 valence electrons. The molecule has 0 saturated heterocycles. The summed E-state index contributed by atoms with van der Waals surface area (Å²) in [6.07, 6.45) is 0. The van der Waals surface area contributed by atoms with E-state index < -0.39 is 16.1 Å². The topological polar surface area (TPSA) is 6.48 Å². The van der Waals surface area contributed by atoms with Gasteiger partial charge in [-0.2, -0.15) is 0 Å². The van der Waals surface area contributed by atoms with Crippen LogP contribution in [0.2, 0.25) is 39.3 Å². The maximum Gasteiger partial charge on any atom is 0.0784 e. The minimum atomic E-state index is -1.82. The third-order valence-corrected chi connectivity index (χ3v) is 14.1. The van der Waals surface area contributed by atoms with E-state index >= 15 is 0 Å². The van der Waals surface area contributed by atoms with Gasteiger partial charge in [0.2, 0.25) is 0 Å². The van der Waals surface area contributed by atoms with Gasteiger partial charge in [0.1, 0.15) is 0 Å². The lowest BCUT2D eigenvalue weighted by atomic mass is 9.91. The highest BCUT2D eigenvalue weighted by molar-refractivity contribution is 6.92. The molecule has 4 heteroatoms. The average molecular weight is 681 g/mol. The maximum absolute atomic E-state index is 2.57. The van der Waals surface area contributed by atoms with Crippen LogP contribution in [0.1, 0.15) is 0 Å². The lowest BCUT2D eigenvalue weighted by Crippen LogP contribution is -2.40. The molecule has 0 amide bonds. The molecular weight excluding hydrogens is 637 g/mol. The first-order valence-electron chi connectivity index (χ1n) is 17.7. The van der Waals surface area contributed by atoms with Gasteiger partial charge in [0, 0.05) is 33.5 Å². The van der Waals surface area contributed by atoms with E-state index in [1.165, 1.54) is 54.1 Å². The maximum atomic E-state index is 2.57. The lowest BCUT2D eigenvalue weighted by molar-refractivity contribution is 1.30. The van der Waals surface area contributed by atoms with Crippen LogP contribution in [0.15, 0.2) is 158 Å². The van der Waals surface area contributed by atoms with Crippen molar-refractivity contribution in [1.29, 1.82) is 0 Å². The molecule has 0 aliphatic heterocycles. The molecule has 0 saturated carbocycles. The number of hydrogen-bond acceptors (Lipinski definition) is 2. The minimum absolute atomic E-state index is 1.16. The Balaban J connectivity index is 1.56. The number of rotatable bonds is 8. The molecule has 0 aromatic heterocycles. The number of para-hydroxylation sites is 4. The summed E-state index contributed by atoms with van der Waals surface area (Å²) in [6, 6.07) is 58.2. The zero-order valence-electron chi connectivity index (χ0n) is 29.9. The predicted molar refractivity (Wildman–Crippen MR) is 225 cm³/mol. The summed E-state index contributed by atoms with van der Waals surface area (Å²) in [7, 11) is -3.64. The van der Waals surface area contributed by atoms with Gasteiger partial charge < -0.3 is 9.80 Å². The summed E-state index contributed by atoms with van der Waals surface area (Å²) in [5, 5.41) is 11.2. The third-order valence-electron chi connectivity index (χ3n) is 10.0. The summed E-state index contributed by atoms with van der Waals surface area (Å²) in [6.45, 7) is 15.0. The van der Waals surface area contributed by atoms with Gasteiger partial charge in [-0.05, 0) is 82.2 Å². The first-order chi connectivity index (χ1) is 24.1. The van der Waals surface area contributed by atoms with Crippen molar-refractivity contribution in [2.24, 2.45) is 0 Å². The van der Waals surface area contributed by atoms with Crippen LogP contribution in [0.4, 0.5) is 34.1 Å². The van der Waals surface area contributed by atoms with Crippen molar-refractivity contribution in [3.63, 3.8) is 0 Å². The first-order valence-corrected chi connectivity index (χ1v) is 24.7. The Labute approximate surface area is 298 Å². The van der Waals surface area contributed by atoms with Crippen LogP contribution in [0.25, 0.3) is 32.3 Å². The van der Waals surface area contributed by atoms with Crippen molar-refractivity contribution in [2.75, 3.05) is 9.80 Å². The Hall–Kier alpha value is -5.17. The standard InChI is InChI=1S/C46H44N2Si2/c1-49(2,3)43-31-39-41(47(33-19-11-7-12-20-33)34-21-13-8-14-22-34)30-28-38-44(50(4,5)6)32-40-42(29-27-37(43)45(40)46(38)39)48(35-23-15-9-16-24-35)36-25-17-10-18-26-36/h7-32H,1-6H3. The molecule has 8 rings (SSSR count). The summed E-state index contributed by atoms with van der Waals surface area (Å²) < 4.78 is 0. The van der Waals surface area contributed by atoms with Gasteiger partial charge in [-0.15, -0.1) is 0 Å². The van der Waals surface area contributed by atoms with Crippen LogP contribution in [0.3, 0.4) is 0 Å². The van der Waals surface area contributed by atoms with Crippen molar-refractivity contribution in [2.45, 2.75) is 39.3 Å². The van der Waals surface area contributed by atoms with Crippen LogP contribution >= 0.6 is 0 Å². The second-order valence-corrected chi connectivity index (χ2v) is 25.5. The zero-order chi connectivity index (χ0) is 34.6. The second kappa shape index (κ2) is 12.3. The van der Waals surface area contributed by atoms with E-state index in [0.29, 0.717) is 0 Å². The summed E-state index contributed by atoms with van der Waals surface area (Å²) >= 11 is 0. The van der Waals surface area contributed by atoms with Crippen LogP contribution in [-0.2, 0) is 0 Å². The molecule has 8 aromatic carbocycles. The van der Waals surface area contributed by atoms with Gasteiger partial charge in [-0.25, -0.2) is 0 Å². The quantitative estimate of drug-likeness (QED) is 0.116. The fourth-order valence-electron chi connectivity index (χ4n) is 7.73. The molecular formula is C46H44N2Si2. The molecule has 0 N–H and O–H groups in total. The van der Waals surface area contributed by atoms with Gasteiger partial charge in [0.25, 0.3) is 0 Å². The zero-order valence-corrected chi connectivity index (χ0v) is 31.9. The fraction of sp³-hybridized carbons (Fsp3) is 0.130. The van der Waals surface area contributed by atoms with E-state index in [0.717, 1.165) is 22.7 Å². The molecule has 8 aromatic rings. The highest BCUT2D eigenvalue weighted by Gasteiger charge is 2.30. The highest BCUT2D eigenvalue weighted by atomic mass is 28.3. The number of nitrogens with zero attached hydrogens (tertiary/aromatic N) is 2. The Morgan fingerprint density at radius 1 is 0.320 bits per heavy atom. The highest BCUT2D eigenvalue weighted by Crippen LogP contribution is 2.47. The van der Waals surface area contributed by atoms with E-state index in [9.17, 15) is 0 Å². The molecule has 0 fully saturated rings. The molecule has 0 unspecified atom stereocenters. The molecule has 0 atom stereocenters. The average Bonchev–Trinajstić information content (AvgIpc) is 3.12. The van der Waals surface area contributed by atoms with Gasteiger partial charge in [0.15, 0.2) is 0 Å². The molecule has 50 heavy (non-hydrogen) atoms. The Kier molecular flexibility index (Phi) is 7.89. The smallest absolute Gasteiger partial charge is 0.0784 e. The van der Waals surface area contributed by atoms with Gasteiger partial charge in [-0.3, -0.25) is 0 Å². The number of benzene rings is 8. The monoisotopic (exact) mass is 680 g/mol. The van der Waals surface area contributed by atoms with Crippen molar-refractivity contribution in [3.8, 4) is 0 Å². The third kappa shape index (κ3) is 5.49. The van der Waals surface area contributed by atoms with E-state index in [4.69, 9.17) is 0 Å². The summed E-state index contributed by atoms with van der Waals surface area (Å²) in [5.41, 5.74) is 7.09. The number of hydrogen-bond donors (Lipinski definition) is 0. The van der Waals surface area contributed by atoms with Crippen LogP contribution in [0, 0.1) is 0 Å². The lowest BCUT2D eigenvalue weighted by Gasteiger charge is -2.32. The molecule has 0 bridgehead atoms. The Bertz CT molecular complexity index is 2180. The van der Waals surface area contributed by atoms with Crippen LogP contribution in [0.5, 0.6) is 0 Å². The normalized spacial score (nSPS) is 12.2. The molecule has 0 aliphatic carbocycles. The molecule has 0 heterocycles. The minimum Gasteiger partial charge on any atom is -0.310 e. The van der Waals surface area contributed by atoms with Crippen molar-refractivity contribution >= 4 is 93.0 Å². The van der Waals surface area contributed by atoms with Crippen LogP contribution in [-0.4, -0.2) is 16.1 Å². The first kappa shape index (κ1) is 32.1. The Morgan fingerprint density at radius 3 is 0.860 bits per heavy atom. The summed E-state index contributed by atoms with van der Waals surface area (Å²) in [4.78, 5) is 4.91. The van der Waals surface area contributed by atoms with Gasteiger partial charge in [0.05, 0.1) is 27.5 Å². The fourth-order valence-corrected chi connectivity index (χ4v) is 10.9. The van der Waals surface area contributed by atoms with Crippen LogP contribution < -0.4 is 20.2 Å². The van der Waals surface area contributed by atoms with Gasteiger partial charge in [-0.1, -0.05) is 147 Å². The second-order valence-electron chi connectivity index (χ2n) is 15.5. The largest absolute Gasteiger partial charge is 0.310 e. The molecule has 0 radical (unpaired) electrons. The molecule has 2 nitrogen and oxygen atoms in total. The molecule has 0 aliphatic rings.